The average Bonchev–Trinajstić information content (AvgIpc) is 3.25. The molecule has 4 rings (SSSR count). The van der Waals surface area contributed by atoms with Crippen molar-refractivity contribution in [1.29, 1.82) is 0 Å². The molecule has 2 aromatic carbocycles. The summed E-state index contributed by atoms with van der Waals surface area (Å²) in [6, 6.07) is 21.7. The fourth-order valence-electron chi connectivity index (χ4n) is 8.89. The fourth-order valence-corrected chi connectivity index (χ4v) is 19.0. The summed E-state index contributed by atoms with van der Waals surface area (Å²) in [5, 5.41) is 2.56. The first-order chi connectivity index (χ1) is 20.3. The highest BCUT2D eigenvalue weighted by molar-refractivity contribution is 6.99. The van der Waals surface area contributed by atoms with Crippen LogP contribution in [0.25, 0.3) is 0 Å². The van der Waals surface area contributed by atoms with E-state index in [0.717, 1.165) is 31.3 Å². The average molecular weight is 619 g/mol. The van der Waals surface area contributed by atoms with Gasteiger partial charge in [0, 0.05) is 13.0 Å². The van der Waals surface area contributed by atoms with Crippen LogP contribution in [0.5, 0.6) is 0 Å². The van der Waals surface area contributed by atoms with Crippen LogP contribution >= 0.6 is 0 Å². The molecule has 2 aliphatic rings. The second kappa shape index (κ2) is 13.7. The molecular weight excluding hydrogens is 561 g/mol. The van der Waals surface area contributed by atoms with Gasteiger partial charge in [-0.1, -0.05) is 130 Å². The zero-order valence-electron chi connectivity index (χ0n) is 28.7. The smallest absolute Gasteiger partial charge is 0.261 e. The van der Waals surface area contributed by atoms with E-state index in [9.17, 15) is 4.79 Å². The number of rotatable bonds is 12. The van der Waals surface area contributed by atoms with E-state index in [0.29, 0.717) is 47.3 Å². The third-order valence-corrected chi connectivity index (χ3v) is 21.7. The predicted molar refractivity (Wildman–Crippen MR) is 187 cm³/mol. The molecule has 0 spiro atoms. The topological polar surface area (TPSA) is 35.5 Å². The van der Waals surface area contributed by atoms with Gasteiger partial charge in [0.15, 0.2) is 5.78 Å². The second-order valence-corrected chi connectivity index (χ2v) is 25.1. The molecule has 43 heavy (non-hydrogen) atoms. The molecule has 0 unspecified atom stereocenters. The summed E-state index contributed by atoms with van der Waals surface area (Å²) in [5.74, 6) is 1.30. The van der Waals surface area contributed by atoms with E-state index in [4.69, 9.17) is 8.85 Å². The van der Waals surface area contributed by atoms with E-state index in [1.165, 1.54) is 15.9 Å². The molecule has 1 fully saturated rings. The van der Waals surface area contributed by atoms with Gasteiger partial charge in [0.25, 0.3) is 8.32 Å². The Morgan fingerprint density at radius 3 is 1.79 bits per heavy atom. The molecule has 0 aliphatic heterocycles. The first kappa shape index (κ1) is 34.1. The summed E-state index contributed by atoms with van der Waals surface area (Å²) >= 11 is 0. The second-order valence-electron chi connectivity index (χ2n) is 15.4. The van der Waals surface area contributed by atoms with Gasteiger partial charge in [0.05, 0.1) is 6.10 Å². The van der Waals surface area contributed by atoms with Crippen LogP contribution in [-0.4, -0.2) is 35.1 Å². The van der Waals surface area contributed by atoms with Crippen LogP contribution in [0.3, 0.4) is 0 Å². The Morgan fingerprint density at radius 2 is 1.33 bits per heavy atom. The van der Waals surface area contributed by atoms with Crippen molar-refractivity contribution in [2.24, 2.45) is 11.8 Å². The Hall–Kier alpha value is -1.80. The van der Waals surface area contributed by atoms with Crippen LogP contribution in [0.15, 0.2) is 71.8 Å². The summed E-state index contributed by atoms with van der Waals surface area (Å²) < 4.78 is 14.6. The molecular formula is C38H58O3Si2. The number of carbonyl (C=O) groups excluding carboxylic acids is 1. The lowest BCUT2D eigenvalue weighted by Crippen LogP contribution is -2.66. The number of fused-ring (bicyclic) bond motifs is 1. The van der Waals surface area contributed by atoms with Gasteiger partial charge in [-0.25, -0.2) is 0 Å². The van der Waals surface area contributed by atoms with Crippen molar-refractivity contribution in [2.45, 2.75) is 129 Å². The standard InChI is InChI=1S/C38H58O3Si2/c1-27(2)42(28(3)4,29(5)6)41-36-25-30(7)24-31-26-35(39)34(37(31)36)22-17-23-40-43(38(8,9)10,32-18-13-11-14-19-32)33-20-15-12-16-21-33/h11-16,18-21,27-31,36H,17,22-26H2,1-10H3/t30-,31-,36+/m1/s1. The van der Waals surface area contributed by atoms with E-state index >= 15 is 0 Å². The van der Waals surface area contributed by atoms with Crippen molar-refractivity contribution in [3.63, 3.8) is 0 Å². The molecule has 2 aliphatic carbocycles. The normalized spacial score (nSPS) is 21.8. The zero-order chi connectivity index (χ0) is 31.6. The van der Waals surface area contributed by atoms with Crippen LogP contribution in [0.1, 0.15) is 101 Å². The molecule has 0 N–H and O–H groups in total. The minimum absolute atomic E-state index is 0.0528. The Morgan fingerprint density at radius 1 is 0.814 bits per heavy atom. The number of carbonyl (C=O) groups is 1. The number of benzene rings is 2. The first-order valence-electron chi connectivity index (χ1n) is 16.9. The quantitative estimate of drug-likeness (QED) is 0.176. The van der Waals surface area contributed by atoms with Gasteiger partial charge in [-0.05, 0) is 80.7 Å². The van der Waals surface area contributed by atoms with Crippen LogP contribution in [0, 0.1) is 11.8 Å². The van der Waals surface area contributed by atoms with Gasteiger partial charge in [-0.2, -0.15) is 0 Å². The van der Waals surface area contributed by atoms with E-state index in [2.05, 4.69) is 130 Å². The lowest BCUT2D eigenvalue weighted by atomic mass is 9.77. The summed E-state index contributed by atoms with van der Waals surface area (Å²) in [7, 11) is -4.67. The van der Waals surface area contributed by atoms with E-state index in [-0.39, 0.29) is 11.1 Å². The van der Waals surface area contributed by atoms with Crippen LogP contribution < -0.4 is 10.4 Å². The maximum absolute atomic E-state index is 13.6. The lowest BCUT2D eigenvalue weighted by molar-refractivity contribution is -0.115. The van der Waals surface area contributed by atoms with Gasteiger partial charge < -0.3 is 8.85 Å². The molecule has 2 aromatic rings. The van der Waals surface area contributed by atoms with Crippen molar-refractivity contribution in [2.75, 3.05) is 6.61 Å². The third-order valence-electron chi connectivity index (χ3n) is 10.6. The number of hydrogen-bond donors (Lipinski definition) is 0. The fraction of sp³-hybridized carbons (Fsp3) is 0.605. The van der Waals surface area contributed by atoms with E-state index in [1.54, 1.807) is 0 Å². The highest BCUT2D eigenvalue weighted by atomic mass is 28.4. The Balaban J connectivity index is 1.63. The largest absolute Gasteiger partial charge is 0.409 e. The number of ketones is 1. The van der Waals surface area contributed by atoms with Crippen LogP contribution in [0.4, 0.5) is 0 Å². The van der Waals surface area contributed by atoms with Gasteiger partial charge in [0.1, 0.15) is 0 Å². The third kappa shape index (κ3) is 6.61. The molecule has 0 bridgehead atoms. The van der Waals surface area contributed by atoms with Crippen molar-refractivity contribution in [1.82, 2.24) is 0 Å². The molecule has 0 radical (unpaired) electrons. The van der Waals surface area contributed by atoms with Crippen molar-refractivity contribution >= 4 is 32.8 Å². The van der Waals surface area contributed by atoms with Crippen molar-refractivity contribution in [3.8, 4) is 0 Å². The van der Waals surface area contributed by atoms with Crippen LogP contribution in [-0.2, 0) is 13.6 Å². The van der Waals surface area contributed by atoms with Crippen LogP contribution in [0.2, 0.25) is 21.7 Å². The molecule has 3 nitrogen and oxygen atoms in total. The van der Waals surface area contributed by atoms with Gasteiger partial charge >= 0.3 is 0 Å². The summed E-state index contributed by atoms with van der Waals surface area (Å²) in [6.45, 7) is 24.2. The van der Waals surface area contributed by atoms with Crippen molar-refractivity contribution in [3.05, 3.63) is 71.8 Å². The summed E-state index contributed by atoms with van der Waals surface area (Å²) in [6.07, 6.45) is 4.56. The molecule has 0 amide bonds. The first-order valence-corrected chi connectivity index (χ1v) is 21.0. The van der Waals surface area contributed by atoms with Gasteiger partial charge in [-0.3, -0.25) is 4.79 Å². The summed E-state index contributed by atoms with van der Waals surface area (Å²) in [5.41, 5.74) is 4.04. The zero-order valence-corrected chi connectivity index (χ0v) is 30.7. The highest BCUT2D eigenvalue weighted by Gasteiger charge is 2.51. The number of Topliss-reactive ketones (excluding diaryl/α,β-unsaturated/α-hetero) is 1. The van der Waals surface area contributed by atoms with Gasteiger partial charge in [0.2, 0.25) is 8.32 Å². The van der Waals surface area contributed by atoms with E-state index in [1.807, 2.05) is 0 Å². The van der Waals surface area contributed by atoms with Gasteiger partial charge in [-0.15, -0.1) is 0 Å². The molecule has 0 saturated heterocycles. The molecule has 1 saturated carbocycles. The molecule has 5 heteroatoms. The molecule has 236 valence electrons. The number of allylic oxidation sites excluding steroid dienone is 1. The summed E-state index contributed by atoms with van der Waals surface area (Å²) in [4.78, 5) is 13.6. The highest BCUT2D eigenvalue weighted by Crippen LogP contribution is 2.50. The maximum Gasteiger partial charge on any atom is 0.261 e. The lowest BCUT2D eigenvalue weighted by Gasteiger charge is -2.47. The predicted octanol–water partition coefficient (Wildman–Crippen LogP) is 9.22. The maximum atomic E-state index is 13.6. The minimum atomic E-state index is -2.59. The Labute approximate surface area is 265 Å². The minimum Gasteiger partial charge on any atom is -0.409 e. The SMILES string of the molecule is CC(C)[Si](O[C@H]1C[C@H](C)C[C@@H]2CC(=O)C(CCCO[Si](c3ccccc3)(c3ccccc3)C(C)(C)C)=C21)(C(C)C)C(C)C. The molecule has 0 aromatic heterocycles. The Bertz CT molecular complexity index is 1180. The number of hydrogen-bond acceptors (Lipinski definition) is 3. The molecule has 3 atom stereocenters. The monoisotopic (exact) mass is 618 g/mol. The van der Waals surface area contributed by atoms with E-state index < -0.39 is 16.6 Å². The Kier molecular flexibility index (Phi) is 10.8. The van der Waals surface area contributed by atoms with Crippen molar-refractivity contribution < 1.29 is 13.6 Å². The molecule has 0 heterocycles.